The number of carbonyl (C=O) groups excluding carboxylic acids is 8. The quantitative estimate of drug-likeness (QED) is 0.0407. The fourth-order valence-electron chi connectivity index (χ4n) is 9.75. The van der Waals surface area contributed by atoms with E-state index in [0.29, 0.717) is 21.1 Å². The maximum atomic E-state index is 13.9. The number of hydrogen-bond acceptors (Lipinski definition) is 15. The van der Waals surface area contributed by atoms with E-state index < -0.39 is 108 Å². The maximum Gasteiger partial charge on any atom is 0.418 e. The summed E-state index contributed by atoms with van der Waals surface area (Å²) < 4.78 is 77.1. The number of nitrogens with zero attached hydrogens (tertiary/aromatic N) is 4. The van der Waals surface area contributed by atoms with Crippen LogP contribution < -0.4 is 21.3 Å². The first-order valence-electron chi connectivity index (χ1n) is 27.0. The number of aliphatic hydroxyl groups is 1. The van der Waals surface area contributed by atoms with Gasteiger partial charge in [0.15, 0.2) is 0 Å². The van der Waals surface area contributed by atoms with Crippen molar-refractivity contribution in [2.24, 2.45) is 5.41 Å². The molecule has 0 radical (unpaired) electrons. The molecule has 83 heavy (non-hydrogen) atoms. The summed E-state index contributed by atoms with van der Waals surface area (Å²) in [6, 6.07) is 12.5. The molecule has 0 saturated carbocycles. The lowest BCUT2D eigenvalue weighted by Crippen LogP contribution is -2.58. The number of aryl methyl sites for hydroxylation is 2. The summed E-state index contributed by atoms with van der Waals surface area (Å²) in [4.78, 5) is 113. The number of rotatable bonds is 26. The largest absolute Gasteiger partial charge is 0.427 e. The molecule has 2 aliphatic heterocycles. The van der Waals surface area contributed by atoms with E-state index in [2.05, 4.69) is 26.3 Å². The Bertz CT molecular complexity index is 2990. The monoisotopic (exact) mass is 1180 g/mol. The highest BCUT2D eigenvalue weighted by Crippen LogP contribution is 2.46. The summed E-state index contributed by atoms with van der Waals surface area (Å²) >= 11 is 1.55. The van der Waals surface area contributed by atoms with Gasteiger partial charge in [-0.25, -0.2) is 19.1 Å². The van der Waals surface area contributed by atoms with Gasteiger partial charge in [-0.1, -0.05) is 63.2 Å². The minimum atomic E-state index is -4.86. The lowest BCUT2D eigenvalue weighted by Gasteiger charge is -2.35. The average molecular weight is 1180 g/mol. The average Bonchev–Trinajstić information content (AvgIpc) is 3.30. The van der Waals surface area contributed by atoms with Crippen molar-refractivity contribution in [2.75, 3.05) is 64.6 Å². The van der Waals surface area contributed by atoms with Crippen LogP contribution in [0, 0.1) is 18.2 Å². The number of carbonyl (C=O) groups is 8. The lowest BCUT2D eigenvalue weighted by molar-refractivity contribution is -0.187. The first-order valence-corrected chi connectivity index (χ1v) is 27.9. The number of likely N-dealkylation sites (tertiary alicyclic amines) is 1. The van der Waals surface area contributed by atoms with Crippen molar-refractivity contribution in [3.8, 4) is 10.4 Å². The number of fused-ring (bicyclic) bond motifs is 2. The second-order valence-electron chi connectivity index (χ2n) is 21.4. The Morgan fingerprint density at radius 3 is 2.20 bits per heavy atom. The molecule has 448 valence electrons. The smallest absolute Gasteiger partial charge is 0.418 e. The molecular weight excluding hydrogens is 1110 g/mol. The Morgan fingerprint density at radius 2 is 1.54 bits per heavy atom. The molecule has 7 rings (SSSR count). The third kappa shape index (κ3) is 16.5. The van der Waals surface area contributed by atoms with Crippen molar-refractivity contribution < 1.29 is 80.0 Å². The predicted octanol–water partition coefficient (Wildman–Crippen LogP) is 5.05. The molecule has 1 aromatic heterocycles. The SMILES string of the molecule is Cc1ncsc1-c1ccc(CNC(=O)[C@@H]2C[C@@H](O)CN2C(=O)[C@@H](NC(=O)COCCOCCOCCNC(=O)CCC(=O)Nc2ccc3c(c2)CC[C@]32OC(=O)N(CC(=O)N(Cc3ccc(F)cc3)[C@H](C)C(F)(F)F)C2=O)C(C)(C)C)cc1. The van der Waals surface area contributed by atoms with Crippen LogP contribution in [-0.4, -0.2) is 162 Å². The lowest BCUT2D eigenvalue weighted by atomic mass is 9.85. The van der Waals surface area contributed by atoms with Crippen molar-refractivity contribution in [3.63, 3.8) is 0 Å². The zero-order valence-corrected chi connectivity index (χ0v) is 47.4. The topological polar surface area (TPSA) is 264 Å². The Kier molecular flexibility index (Phi) is 21.2. The van der Waals surface area contributed by atoms with Gasteiger partial charge in [0.2, 0.25) is 41.0 Å². The number of hydrogen-bond donors (Lipinski definition) is 5. The molecule has 4 aromatic rings. The van der Waals surface area contributed by atoms with Gasteiger partial charge < -0.3 is 55.1 Å². The molecule has 3 heterocycles. The highest BCUT2D eigenvalue weighted by Gasteiger charge is 2.59. The van der Waals surface area contributed by atoms with Gasteiger partial charge in [-0.05, 0) is 72.2 Å². The summed E-state index contributed by atoms with van der Waals surface area (Å²) in [6.45, 7) is 7.04. The van der Waals surface area contributed by atoms with E-state index in [1.54, 1.807) is 43.7 Å². The molecule has 0 unspecified atom stereocenters. The number of aromatic nitrogens is 1. The van der Waals surface area contributed by atoms with E-state index in [1.807, 2.05) is 31.2 Å². The van der Waals surface area contributed by atoms with Crippen LogP contribution in [0.3, 0.4) is 0 Å². The number of β-amino-alcohol motifs (C(OH)–C–C–N with tert-alkyl or cyclic N) is 1. The number of benzene rings is 3. The van der Waals surface area contributed by atoms with Crippen LogP contribution in [0.15, 0.2) is 72.2 Å². The van der Waals surface area contributed by atoms with Gasteiger partial charge in [0, 0.05) is 63.1 Å². The fourth-order valence-corrected chi connectivity index (χ4v) is 10.6. The van der Waals surface area contributed by atoms with Crippen LogP contribution in [0.5, 0.6) is 0 Å². The normalized spacial score (nSPS) is 18.4. The van der Waals surface area contributed by atoms with Gasteiger partial charge >= 0.3 is 12.3 Å². The van der Waals surface area contributed by atoms with Gasteiger partial charge in [0.05, 0.1) is 55.2 Å². The number of anilines is 1. The standard InChI is InChI=1S/C57H68F4N8O13S/c1-34-49(83-33-64-34)38-10-6-36(7-11-38)28-63-51(75)44-27-42(70)30-68(44)52(76)50(55(3,4)5)66-47(73)32-81-25-24-80-23-22-79-21-20-62-45(71)16-17-46(72)65-41-14-15-43-39(26-41)18-19-56(43)53(77)69(54(78)82-56)31-48(74)67(35(2)57(59,60)61)29-37-8-12-40(58)13-9-37/h6-15,26,33,35,42,44,50,70H,16-25,27-32H2,1-5H3,(H,62,71)(H,63,75)(H,65,72)(H,66,73)/t35-,42-,44+,50-,56+/m1/s1. The van der Waals surface area contributed by atoms with Crippen LogP contribution in [0.1, 0.15) is 81.3 Å². The molecule has 8 amide bonds. The Hall–Kier alpha value is -7.39. The summed E-state index contributed by atoms with van der Waals surface area (Å²) in [5.41, 5.74) is 3.34. The van der Waals surface area contributed by atoms with Crippen molar-refractivity contribution >= 4 is 64.5 Å². The molecule has 2 fully saturated rings. The third-order valence-electron chi connectivity index (χ3n) is 14.3. The zero-order valence-electron chi connectivity index (χ0n) is 46.6. The molecule has 1 aliphatic carbocycles. The van der Waals surface area contributed by atoms with E-state index in [9.17, 15) is 61.0 Å². The molecular formula is C57H68F4N8O13S. The number of thiazole rings is 1. The van der Waals surface area contributed by atoms with E-state index in [4.69, 9.17) is 18.9 Å². The van der Waals surface area contributed by atoms with Crippen molar-refractivity contribution in [1.82, 2.24) is 35.6 Å². The van der Waals surface area contributed by atoms with Gasteiger partial charge in [0.1, 0.15) is 37.1 Å². The molecule has 5 N–H and O–H groups in total. The Balaban J connectivity index is 0.744. The molecule has 1 spiro atoms. The summed E-state index contributed by atoms with van der Waals surface area (Å²) in [5, 5.41) is 21.5. The van der Waals surface area contributed by atoms with Gasteiger partial charge in [-0.3, -0.25) is 33.6 Å². The van der Waals surface area contributed by atoms with Crippen molar-refractivity contribution in [1.29, 1.82) is 0 Å². The fraction of sp³-hybridized carbons (Fsp3) is 0.491. The molecule has 3 aliphatic rings. The molecule has 26 heteroatoms. The highest BCUT2D eigenvalue weighted by molar-refractivity contribution is 7.13. The Labute approximate surface area is 480 Å². The van der Waals surface area contributed by atoms with Crippen LogP contribution in [0.4, 0.5) is 28.0 Å². The maximum absolute atomic E-state index is 13.9. The Morgan fingerprint density at radius 1 is 0.880 bits per heavy atom. The molecule has 5 atom stereocenters. The van der Waals surface area contributed by atoms with E-state index in [1.165, 1.54) is 29.2 Å². The minimum absolute atomic E-state index is 0.0277. The number of aliphatic hydroxyl groups excluding tert-OH is 1. The highest BCUT2D eigenvalue weighted by atomic mass is 32.1. The first-order chi connectivity index (χ1) is 39.3. The number of nitrogens with one attached hydrogen (secondary N) is 4. The number of halogens is 4. The summed E-state index contributed by atoms with van der Waals surface area (Å²) in [5.74, 6) is -5.13. The second kappa shape index (κ2) is 27.8. The van der Waals surface area contributed by atoms with Crippen LogP contribution >= 0.6 is 11.3 Å². The molecule has 3 aromatic carbocycles. The number of imide groups is 1. The summed E-state index contributed by atoms with van der Waals surface area (Å²) in [6.07, 6.45) is -7.08. The van der Waals surface area contributed by atoms with Crippen molar-refractivity contribution in [3.05, 3.63) is 106 Å². The van der Waals surface area contributed by atoms with E-state index in [0.717, 1.165) is 40.8 Å². The predicted molar refractivity (Wildman–Crippen MR) is 292 cm³/mol. The van der Waals surface area contributed by atoms with Crippen LogP contribution in [0.25, 0.3) is 10.4 Å². The van der Waals surface area contributed by atoms with Gasteiger partial charge in [0.25, 0.3) is 5.91 Å². The van der Waals surface area contributed by atoms with E-state index in [-0.39, 0.29) is 103 Å². The summed E-state index contributed by atoms with van der Waals surface area (Å²) in [7, 11) is 0. The second-order valence-corrected chi connectivity index (χ2v) is 22.3. The molecule has 21 nitrogen and oxygen atoms in total. The molecule has 2 saturated heterocycles. The van der Waals surface area contributed by atoms with Crippen molar-refractivity contribution in [2.45, 2.75) is 116 Å². The van der Waals surface area contributed by atoms with Crippen LogP contribution in [0.2, 0.25) is 0 Å². The zero-order chi connectivity index (χ0) is 60.2. The number of ether oxygens (including phenoxy) is 4. The first kappa shape index (κ1) is 63.2. The van der Waals surface area contributed by atoms with Crippen LogP contribution in [-0.2, 0) is 77.6 Å². The van der Waals surface area contributed by atoms with Gasteiger partial charge in [-0.2, -0.15) is 13.2 Å². The molecule has 0 bridgehead atoms. The van der Waals surface area contributed by atoms with Gasteiger partial charge in [-0.15, -0.1) is 11.3 Å². The number of amides is 8. The third-order valence-corrected chi connectivity index (χ3v) is 15.3. The number of alkyl halides is 3. The van der Waals surface area contributed by atoms with E-state index >= 15 is 0 Å². The minimum Gasteiger partial charge on any atom is -0.427 e.